The number of thioether (sulfide) groups is 1. The van der Waals surface area contributed by atoms with E-state index in [1.807, 2.05) is 30.5 Å². The second-order valence-corrected chi connectivity index (χ2v) is 9.88. The standard InChI is InChI=1S/C20H23ClN2O4S2/c1-27-18-10-9-15(12-16(18)21)29(25,26)23-11-5-6-14(13-23)20(24)22-17-7-3-4-8-19(17)28-2/h3-4,7-10,12,14H,5-6,11,13H2,1-2H3,(H,22,24)/t14-/m0/s1. The normalized spacial score (nSPS) is 17.7. The maximum Gasteiger partial charge on any atom is 0.243 e. The number of sulfonamides is 1. The van der Waals surface area contributed by atoms with Crippen molar-refractivity contribution >= 4 is 45.0 Å². The Hall–Kier alpha value is -1.74. The molecule has 1 N–H and O–H groups in total. The molecule has 2 aromatic rings. The van der Waals surface area contributed by atoms with Crippen LogP contribution in [0, 0.1) is 5.92 Å². The lowest BCUT2D eigenvalue weighted by Gasteiger charge is -2.31. The van der Waals surface area contributed by atoms with Crippen LogP contribution in [-0.4, -0.2) is 45.1 Å². The minimum atomic E-state index is -3.75. The van der Waals surface area contributed by atoms with Crippen molar-refractivity contribution in [3.63, 3.8) is 0 Å². The van der Waals surface area contributed by atoms with Gasteiger partial charge in [0.2, 0.25) is 15.9 Å². The molecule has 6 nitrogen and oxygen atoms in total. The number of hydrogen-bond acceptors (Lipinski definition) is 5. The molecule has 0 bridgehead atoms. The van der Waals surface area contributed by atoms with Gasteiger partial charge in [0.15, 0.2) is 0 Å². The molecule has 9 heteroatoms. The molecule has 0 spiro atoms. The Balaban J connectivity index is 1.76. The van der Waals surface area contributed by atoms with Crippen LogP contribution < -0.4 is 10.1 Å². The average molecular weight is 455 g/mol. The molecular formula is C20H23ClN2O4S2. The molecule has 1 atom stereocenters. The summed E-state index contributed by atoms with van der Waals surface area (Å²) < 4.78 is 32.6. The van der Waals surface area contributed by atoms with E-state index in [1.165, 1.54) is 29.6 Å². The van der Waals surface area contributed by atoms with Gasteiger partial charge in [-0.25, -0.2) is 8.42 Å². The van der Waals surface area contributed by atoms with E-state index in [0.717, 1.165) is 10.6 Å². The minimum Gasteiger partial charge on any atom is -0.495 e. The highest BCUT2D eigenvalue weighted by atomic mass is 35.5. The van der Waals surface area contributed by atoms with Crippen LogP contribution in [0.15, 0.2) is 52.3 Å². The summed E-state index contributed by atoms with van der Waals surface area (Å²) in [6.45, 7) is 0.510. The van der Waals surface area contributed by atoms with Crippen molar-refractivity contribution in [2.45, 2.75) is 22.6 Å². The van der Waals surface area contributed by atoms with Crippen LogP contribution in [0.25, 0.3) is 0 Å². The number of ether oxygens (including phenoxy) is 1. The number of anilines is 1. The largest absolute Gasteiger partial charge is 0.495 e. The number of hydrogen-bond donors (Lipinski definition) is 1. The molecule has 0 saturated carbocycles. The summed E-state index contributed by atoms with van der Waals surface area (Å²) in [5.41, 5.74) is 0.743. The van der Waals surface area contributed by atoms with Crippen molar-refractivity contribution in [3.05, 3.63) is 47.5 Å². The second-order valence-electron chi connectivity index (χ2n) is 6.69. The first-order valence-electron chi connectivity index (χ1n) is 9.14. The van der Waals surface area contributed by atoms with Gasteiger partial charge in [0.25, 0.3) is 0 Å². The van der Waals surface area contributed by atoms with Crippen LogP contribution in [-0.2, 0) is 14.8 Å². The molecule has 1 heterocycles. The Morgan fingerprint density at radius 1 is 1.28 bits per heavy atom. The zero-order valence-corrected chi connectivity index (χ0v) is 18.6. The number of carbonyl (C=O) groups excluding carboxylic acids is 1. The van der Waals surface area contributed by atoms with E-state index in [-0.39, 0.29) is 22.4 Å². The van der Waals surface area contributed by atoms with Gasteiger partial charge in [-0.15, -0.1) is 11.8 Å². The molecular weight excluding hydrogens is 432 g/mol. The fraction of sp³-hybridized carbons (Fsp3) is 0.350. The quantitative estimate of drug-likeness (QED) is 0.665. The third kappa shape index (κ3) is 4.88. The van der Waals surface area contributed by atoms with Crippen molar-refractivity contribution in [1.82, 2.24) is 4.31 Å². The third-order valence-corrected chi connectivity index (χ3v) is 7.83. The summed E-state index contributed by atoms with van der Waals surface area (Å²) in [5, 5.41) is 3.18. The fourth-order valence-corrected chi connectivity index (χ4v) is 5.74. The topological polar surface area (TPSA) is 75.7 Å². The number of para-hydroxylation sites is 1. The van der Waals surface area contributed by atoms with Gasteiger partial charge in [0.05, 0.1) is 28.6 Å². The summed E-state index contributed by atoms with van der Waals surface area (Å²) >= 11 is 7.65. The molecule has 29 heavy (non-hydrogen) atoms. The average Bonchev–Trinajstić information content (AvgIpc) is 2.74. The van der Waals surface area contributed by atoms with E-state index >= 15 is 0 Å². The van der Waals surface area contributed by atoms with Crippen molar-refractivity contribution < 1.29 is 17.9 Å². The molecule has 156 valence electrons. The minimum absolute atomic E-state index is 0.0945. The van der Waals surface area contributed by atoms with Gasteiger partial charge < -0.3 is 10.1 Å². The van der Waals surface area contributed by atoms with Crippen LogP contribution in [0.1, 0.15) is 12.8 Å². The van der Waals surface area contributed by atoms with E-state index in [0.29, 0.717) is 25.1 Å². The third-order valence-electron chi connectivity index (χ3n) is 4.88. The van der Waals surface area contributed by atoms with Gasteiger partial charge in [-0.1, -0.05) is 23.7 Å². The molecule has 1 aliphatic rings. The van der Waals surface area contributed by atoms with Gasteiger partial charge in [0.1, 0.15) is 5.75 Å². The van der Waals surface area contributed by atoms with Crippen LogP contribution in [0.3, 0.4) is 0 Å². The van der Waals surface area contributed by atoms with Crippen molar-refractivity contribution in [1.29, 1.82) is 0 Å². The summed E-state index contributed by atoms with van der Waals surface area (Å²) in [7, 11) is -2.28. The molecule has 0 aliphatic carbocycles. The number of rotatable bonds is 6. The van der Waals surface area contributed by atoms with E-state index in [9.17, 15) is 13.2 Å². The molecule has 0 aromatic heterocycles. The number of halogens is 1. The first kappa shape index (κ1) is 22.0. The number of nitrogens with one attached hydrogen (secondary N) is 1. The van der Waals surface area contributed by atoms with Crippen LogP contribution >= 0.6 is 23.4 Å². The second kappa shape index (κ2) is 9.38. The Morgan fingerprint density at radius 3 is 2.72 bits per heavy atom. The maximum absolute atomic E-state index is 13.1. The van der Waals surface area contributed by atoms with Gasteiger partial charge >= 0.3 is 0 Å². The van der Waals surface area contributed by atoms with Crippen molar-refractivity contribution in [3.8, 4) is 5.75 Å². The highest BCUT2D eigenvalue weighted by Gasteiger charge is 2.33. The summed E-state index contributed by atoms with van der Waals surface area (Å²) in [5.74, 6) is -0.171. The predicted molar refractivity (Wildman–Crippen MR) is 116 cm³/mol. The number of methoxy groups -OCH3 is 1. The zero-order chi connectivity index (χ0) is 21.0. The Labute approximate surface area is 180 Å². The molecule has 2 aromatic carbocycles. The zero-order valence-electron chi connectivity index (χ0n) is 16.2. The fourth-order valence-electron chi connectivity index (χ4n) is 3.31. The molecule has 1 saturated heterocycles. The number of amides is 1. The lowest BCUT2D eigenvalue weighted by molar-refractivity contribution is -0.120. The van der Waals surface area contributed by atoms with Crippen molar-refractivity contribution in [2.75, 3.05) is 31.8 Å². The van der Waals surface area contributed by atoms with Gasteiger partial charge in [-0.05, 0) is 49.4 Å². The van der Waals surface area contributed by atoms with Crippen LogP contribution in [0.4, 0.5) is 5.69 Å². The summed E-state index contributed by atoms with van der Waals surface area (Å²) in [4.78, 5) is 13.9. The number of piperidine rings is 1. The SMILES string of the molecule is COc1ccc(S(=O)(=O)N2CCC[C@H](C(=O)Nc3ccccc3SC)C2)cc1Cl. The molecule has 3 rings (SSSR count). The van der Waals surface area contributed by atoms with E-state index in [4.69, 9.17) is 16.3 Å². The lowest BCUT2D eigenvalue weighted by atomic mass is 9.99. The number of benzene rings is 2. The van der Waals surface area contributed by atoms with Gasteiger partial charge in [-0.2, -0.15) is 4.31 Å². The molecule has 1 fully saturated rings. The van der Waals surface area contributed by atoms with Gasteiger partial charge in [0, 0.05) is 18.0 Å². The van der Waals surface area contributed by atoms with E-state index in [2.05, 4.69) is 5.32 Å². The Bertz CT molecular complexity index is 998. The highest BCUT2D eigenvalue weighted by Crippen LogP contribution is 2.31. The highest BCUT2D eigenvalue weighted by molar-refractivity contribution is 7.98. The van der Waals surface area contributed by atoms with E-state index in [1.54, 1.807) is 11.8 Å². The van der Waals surface area contributed by atoms with Gasteiger partial charge in [-0.3, -0.25) is 4.79 Å². The predicted octanol–water partition coefficient (Wildman–Crippen LogP) is 4.11. The monoisotopic (exact) mass is 454 g/mol. The lowest BCUT2D eigenvalue weighted by Crippen LogP contribution is -2.43. The van der Waals surface area contributed by atoms with Crippen molar-refractivity contribution in [2.24, 2.45) is 5.92 Å². The van der Waals surface area contributed by atoms with Crippen LogP contribution in [0.5, 0.6) is 5.75 Å². The first-order valence-corrected chi connectivity index (χ1v) is 12.2. The molecule has 1 aliphatic heterocycles. The molecule has 0 unspecified atom stereocenters. The summed E-state index contributed by atoms with van der Waals surface area (Å²) in [6, 6.07) is 11.9. The first-order chi connectivity index (χ1) is 13.9. The Morgan fingerprint density at radius 2 is 2.03 bits per heavy atom. The number of nitrogens with zero attached hydrogens (tertiary/aromatic N) is 1. The Kier molecular flexibility index (Phi) is 7.10. The maximum atomic E-state index is 13.1. The van der Waals surface area contributed by atoms with E-state index < -0.39 is 15.9 Å². The van der Waals surface area contributed by atoms with Crippen LogP contribution in [0.2, 0.25) is 5.02 Å². The summed E-state index contributed by atoms with van der Waals surface area (Å²) in [6.07, 6.45) is 3.20. The molecule has 1 amide bonds. The smallest absolute Gasteiger partial charge is 0.243 e. The number of carbonyl (C=O) groups is 1. The molecule has 0 radical (unpaired) electrons.